The minimum absolute atomic E-state index is 0.0392. The van der Waals surface area contributed by atoms with Crippen molar-refractivity contribution in [2.75, 3.05) is 89.9 Å². The van der Waals surface area contributed by atoms with E-state index in [2.05, 4.69) is 86.1 Å². The average molecular weight is 1860 g/mol. The molecular formula is C88H83F3N20O16S4. The monoisotopic (exact) mass is 1860 g/mol. The van der Waals surface area contributed by atoms with Gasteiger partial charge in [0.2, 0.25) is 39.5 Å². The normalized spacial score (nSPS) is 16.9. The molecule has 36 nitrogen and oxygen atoms in total. The molecule has 6 aromatic carbocycles. The molecule has 3 saturated heterocycles. The van der Waals surface area contributed by atoms with Crippen LogP contribution in [0.15, 0.2) is 135 Å². The number of carbonyl (C=O) groups is 4. The van der Waals surface area contributed by atoms with E-state index >= 15 is 13.2 Å². The minimum atomic E-state index is -3.59. The highest BCUT2D eigenvalue weighted by Gasteiger charge is 2.40. The Labute approximate surface area is 757 Å². The van der Waals surface area contributed by atoms with E-state index in [9.17, 15) is 27.6 Å². The number of nitrogens with one attached hydrogen (secondary N) is 4. The summed E-state index contributed by atoms with van der Waals surface area (Å²) in [6, 6.07) is 23.5. The first-order valence-corrected chi connectivity index (χ1v) is 45.0. The maximum absolute atomic E-state index is 15.5. The summed E-state index contributed by atoms with van der Waals surface area (Å²) < 4.78 is 130. The first-order chi connectivity index (χ1) is 63.0. The lowest BCUT2D eigenvalue weighted by Gasteiger charge is -2.37. The van der Waals surface area contributed by atoms with Crippen molar-refractivity contribution >= 4 is 149 Å². The van der Waals surface area contributed by atoms with Crippen LogP contribution in [0.4, 0.5) is 44.6 Å². The highest BCUT2D eigenvalue weighted by Crippen LogP contribution is 2.43. The molecule has 9 aromatic heterocycles. The van der Waals surface area contributed by atoms with Gasteiger partial charge in [0.05, 0.1) is 178 Å². The number of amides is 4. The summed E-state index contributed by atoms with van der Waals surface area (Å²) in [5.74, 6) is 0.554. The molecule has 0 saturated carbocycles. The Morgan fingerprint density at radius 3 is 1.18 bits per heavy atom. The third-order valence-electron chi connectivity index (χ3n) is 21.0. The maximum atomic E-state index is 15.5. The van der Waals surface area contributed by atoms with E-state index in [0.29, 0.717) is 159 Å². The quantitative estimate of drug-likeness (QED) is 0.0515. The number of piperidine rings is 3. The number of pyridine rings is 1. The molecule has 12 heterocycles. The molecule has 131 heavy (non-hydrogen) atoms. The van der Waals surface area contributed by atoms with Gasteiger partial charge in [-0.05, 0) is 100 Å². The van der Waals surface area contributed by atoms with Gasteiger partial charge in [-0.25, -0.2) is 106 Å². The molecular weight excluding hydrogens is 1780 g/mol. The van der Waals surface area contributed by atoms with Crippen LogP contribution in [0.5, 0.6) is 40.8 Å². The highest BCUT2D eigenvalue weighted by molar-refractivity contribution is 7.88. The summed E-state index contributed by atoms with van der Waals surface area (Å²) in [5, 5.41) is 12.9. The Hall–Kier alpha value is -14.1. The number of rotatable bonds is 20. The number of anilines is 3. The van der Waals surface area contributed by atoms with E-state index in [-0.39, 0.29) is 49.2 Å². The lowest BCUT2D eigenvalue weighted by atomic mass is 10.0. The van der Waals surface area contributed by atoms with Crippen molar-refractivity contribution in [2.45, 2.75) is 97.4 Å². The van der Waals surface area contributed by atoms with Crippen LogP contribution in [-0.4, -0.2) is 222 Å². The third-order valence-corrected chi connectivity index (χ3v) is 25.5. The summed E-state index contributed by atoms with van der Waals surface area (Å²) in [4.78, 5) is 113. The number of sulfonamides is 1. The van der Waals surface area contributed by atoms with E-state index in [1.807, 2.05) is 57.2 Å². The fourth-order valence-electron chi connectivity index (χ4n) is 14.7. The first kappa shape index (κ1) is 90.2. The van der Waals surface area contributed by atoms with Gasteiger partial charge in [-0.2, -0.15) is 4.31 Å². The zero-order chi connectivity index (χ0) is 92.1. The summed E-state index contributed by atoms with van der Waals surface area (Å²) in [6.07, 6.45) is 7.06. The summed E-state index contributed by atoms with van der Waals surface area (Å²) in [5.41, 5.74) is 11.6. The number of benzene rings is 6. The first-order valence-electron chi connectivity index (χ1n) is 40.7. The zero-order valence-electron chi connectivity index (χ0n) is 72.0. The van der Waals surface area contributed by atoms with E-state index < -0.39 is 82.4 Å². The summed E-state index contributed by atoms with van der Waals surface area (Å²) >= 11 is 4.08. The predicted octanol–water partition coefficient (Wildman–Crippen LogP) is 14.7. The molecule has 4 amide bonds. The Balaban J connectivity index is 0.000000144. The molecule has 0 aliphatic carbocycles. The van der Waals surface area contributed by atoms with Crippen LogP contribution in [0.2, 0.25) is 0 Å². The van der Waals surface area contributed by atoms with Gasteiger partial charge in [-0.15, -0.1) is 34.0 Å². The lowest BCUT2D eigenvalue weighted by molar-refractivity contribution is -0.134. The van der Waals surface area contributed by atoms with Crippen molar-refractivity contribution in [3.05, 3.63) is 180 Å². The number of thiazole rings is 3. The molecule has 0 radical (unpaired) electrons. The fourth-order valence-corrected chi connectivity index (χ4v) is 18.5. The second-order valence-electron chi connectivity index (χ2n) is 30.5. The maximum Gasteiger partial charge on any atom is 0.412 e. The topological polar surface area (TPSA) is 430 Å². The van der Waals surface area contributed by atoms with Gasteiger partial charge < -0.3 is 57.6 Å². The Morgan fingerprint density at radius 1 is 0.420 bits per heavy atom. The largest absolute Gasteiger partial charge is 0.482 e. The van der Waals surface area contributed by atoms with Crippen LogP contribution in [0, 0.1) is 52.1 Å². The highest BCUT2D eigenvalue weighted by atomic mass is 32.2. The van der Waals surface area contributed by atoms with Gasteiger partial charge in [-0.1, -0.05) is 0 Å². The number of fused-ring (bicyclic) bond motifs is 6. The van der Waals surface area contributed by atoms with Crippen molar-refractivity contribution in [1.29, 1.82) is 0 Å². The SMILES string of the molecule is COc1ccc(NC(=O)O[C@H]2CCNC[C@H]2Oc2cc3sc(-c4cc(C)cc5nc(OC)cnc45)nc3cc2F)cn1.COc1cnc2c(-c3nc4cc(F)c(O[C@@H]5CN(C(C)=O)CC[C@@H]5OC(=O)Nc5cnc(C)nc5)cc4s3)cc(C)cc2n1.COc1cnc2c(-c3nc4cc(F)c(O[C@@H]5CN(S(C)(=O)=O)CC[C@@H]5OC(=O)Nc5cnc(C)nc5)cc4s3)cc(C)cc2n1. The van der Waals surface area contributed by atoms with E-state index in [4.69, 9.17) is 52.4 Å². The predicted molar refractivity (Wildman–Crippen MR) is 483 cm³/mol. The van der Waals surface area contributed by atoms with Crippen molar-refractivity contribution in [3.8, 4) is 72.5 Å². The smallest absolute Gasteiger partial charge is 0.412 e. The fraction of sp³-hybridized carbons (Fsp3) is 0.295. The van der Waals surface area contributed by atoms with Gasteiger partial charge in [-0.3, -0.25) is 20.7 Å². The number of methoxy groups -OCH3 is 4. The van der Waals surface area contributed by atoms with Gasteiger partial charge >= 0.3 is 18.3 Å². The molecule has 4 N–H and O–H groups in total. The van der Waals surface area contributed by atoms with E-state index in [1.54, 1.807) is 62.5 Å². The zero-order valence-corrected chi connectivity index (χ0v) is 75.3. The molecule has 676 valence electrons. The van der Waals surface area contributed by atoms with Gasteiger partial charge in [0.25, 0.3) is 0 Å². The number of aryl methyl sites for hydroxylation is 5. The van der Waals surface area contributed by atoms with Crippen LogP contribution in [0.1, 0.15) is 54.5 Å². The number of aromatic nitrogens is 14. The van der Waals surface area contributed by atoms with Gasteiger partial charge in [0.15, 0.2) is 40.8 Å². The van der Waals surface area contributed by atoms with Crippen LogP contribution >= 0.6 is 34.0 Å². The van der Waals surface area contributed by atoms with Crippen LogP contribution in [-0.2, 0) is 29.0 Å². The molecule has 3 aliphatic rings. The molecule has 0 spiro atoms. The van der Waals surface area contributed by atoms with Crippen molar-refractivity contribution in [3.63, 3.8) is 0 Å². The molecule has 3 fully saturated rings. The Morgan fingerprint density at radius 2 is 0.794 bits per heavy atom. The number of likely N-dealkylation sites (tertiary alicyclic amines) is 1. The van der Waals surface area contributed by atoms with E-state index in [1.165, 1.54) is 128 Å². The van der Waals surface area contributed by atoms with Crippen LogP contribution in [0.25, 0.3) is 95.5 Å². The second kappa shape index (κ2) is 39.0. The number of hydrogen-bond donors (Lipinski definition) is 4. The number of hydrogen-bond acceptors (Lipinski definition) is 34. The number of ether oxygens (including phenoxy) is 10. The van der Waals surface area contributed by atoms with Crippen LogP contribution in [0.3, 0.4) is 0 Å². The second-order valence-corrected chi connectivity index (χ2v) is 35.6. The third kappa shape index (κ3) is 21.3. The molecule has 0 bridgehead atoms. The molecule has 3 aliphatic heterocycles. The minimum Gasteiger partial charge on any atom is -0.482 e. The molecule has 15 aromatic rings. The van der Waals surface area contributed by atoms with Crippen molar-refractivity contribution in [1.82, 2.24) is 84.3 Å². The van der Waals surface area contributed by atoms with Crippen molar-refractivity contribution in [2.24, 2.45) is 0 Å². The Bertz CT molecular complexity index is 6980. The molecule has 0 unspecified atom stereocenters. The Kier molecular flexibility index (Phi) is 26.9. The standard InChI is InChI=1S/C30H28FN7O5S.C29H28FN7O6S2.C29H27FN6O5S/c1-15-7-19(28-22(8-15)36-27(41-4)13-34-28)29-37-21-9-20(31)24(10-26(21)44-29)42-25-14-38(17(3)39)6-5-23(25)43-30(40)35-18-11-32-16(2)33-12-18;1-15-7-18(27-21(8-15)35-26(41-3)13-33-27)28-36-20-9-19(30)23(10-25(20)44-28)42-24-14-37(45(4,39)40)6-5-22(24)43-29(38)34-17-11-31-16(2)32-12-17;1-15-8-17(27-20(9-15)35-26(39-3)14-33-27)28-36-19-10-18(30)22(11-24(19)42-28)40-23-13-31-7-6-21(23)41-29(37)34-16-4-5-25(38-2)32-12-16/h7-13,23,25H,5-6,14H2,1-4H3,(H,35,40);7-13,22,24H,5-6,14H2,1-4H3,(H,34,38);4-5,8-12,14,21,23,31H,6-7,13H2,1-3H3,(H,34,37)/t23-,25+;22-,24+;21-,23+/m000/s1. The number of carbonyl (C=O) groups excluding carboxylic acids is 4. The van der Waals surface area contributed by atoms with Crippen molar-refractivity contribution < 1.29 is 88.1 Å². The van der Waals surface area contributed by atoms with Crippen LogP contribution < -0.4 is 54.4 Å². The lowest BCUT2D eigenvalue weighted by Crippen LogP contribution is -2.52. The molecule has 6 atom stereocenters. The molecule has 18 rings (SSSR count). The van der Waals surface area contributed by atoms with Gasteiger partial charge in [0, 0.05) is 105 Å². The number of halogens is 3. The van der Waals surface area contributed by atoms with Gasteiger partial charge in [0.1, 0.15) is 57.2 Å². The van der Waals surface area contributed by atoms with E-state index in [0.717, 1.165) is 44.3 Å². The summed E-state index contributed by atoms with van der Waals surface area (Å²) in [7, 11) is 2.51. The summed E-state index contributed by atoms with van der Waals surface area (Å²) in [6.45, 7) is 12.2. The average Bonchev–Trinajstić information content (AvgIpc) is 1.64. The number of nitrogens with zero attached hydrogens (tertiary/aromatic N) is 16. The molecule has 43 heteroatoms.